The topological polar surface area (TPSA) is 4.93 Å². The van der Waals surface area contributed by atoms with Crippen LogP contribution < -0.4 is 0 Å². The lowest BCUT2D eigenvalue weighted by atomic mass is 9.65. The molecule has 3 heteroatoms. The van der Waals surface area contributed by atoms with Gasteiger partial charge in [-0.3, -0.25) is 0 Å². The summed E-state index contributed by atoms with van der Waals surface area (Å²) in [6.45, 7) is 17.2. The molecule has 0 spiro atoms. The third-order valence-electron chi connectivity index (χ3n) is 19.2. The summed E-state index contributed by atoms with van der Waals surface area (Å²) in [5.41, 5.74) is 24.0. The number of fused-ring (bicyclic) bond motifs is 9. The summed E-state index contributed by atoms with van der Waals surface area (Å²) in [6.07, 6.45) is 24.6. The number of unbranched alkanes of at least 4 members (excludes halogenated alkanes) is 11. The molecular formula is C80H89NS2. The molecule has 2 aliphatic carbocycles. The van der Waals surface area contributed by atoms with Crippen LogP contribution in [0.3, 0.4) is 0 Å². The van der Waals surface area contributed by atoms with E-state index in [0.717, 1.165) is 32.2 Å². The van der Waals surface area contributed by atoms with Crippen molar-refractivity contribution < 1.29 is 0 Å². The summed E-state index contributed by atoms with van der Waals surface area (Å²) in [5.74, 6) is 0. The molecule has 10 aromatic rings. The zero-order valence-electron chi connectivity index (χ0n) is 51.1. The Bertz CT molecular complexity index is 3730. The van der Waals surface area contributed by atoms with Gasteiger partial charge in [0.1, 0.15) is 0 Å². The molecule has 0 bridgehead atoms. The van der Waals surface area contributed by atoms with E-state index in [1.807, 2.05) is 22.7 Å². The first-order chi connectivity index (χ1) is 40.7. The quantitative estimate of drug-likeness (QED) is 0.0476. The Labute approximate surface area is 506 Å². The summed E-state index contributed by atoms with van der Waals surface area (Å²) < 4.78 is 2.68. The fourth-order valence-electron chi connectivity index (χ4n) is 14.7. The van der Waals surface area contributed by atoms with Crippen LogP contribution in [0.15, 0.2) is 158 Å². The molecule has 0 atom stereocenters. The van der Waals surface area contributed by atoms with Crippen molar-refractivity contribution in [3.8, 4) is 31.3 Å². The summed E-state index contributed by atoms with van der Waals surface area (Å²) in [4.78, 5) is 5.54. The van der Waals surface area contributed by atoms with Gasteiger partial charge in [0.25, 0.3) is 0 Å². The number of benzene rings is 7. The maximum atomic E-state index is 2.72. The van der Waals surface area contributed by atoms with E-state index in [-0.39, 0.29) is 0 Å². The lowest BCUT2D eigenvalue weighted by Gasteiger charge is -2.35. The van der Waals surface area contributed by atoms with Crippen LogP contribution >= 0.6 is 22.7 Å². The summed E-state index contributed by atoms with van der Waals surface area (Å²) in [6, 6.07) is 64.9. The molecule has 3 heterocycles. The van der Waals surface area contributed by atoms with Crippen LogP contribution in [0.25, 0.3) is 53.1 Å². The summed E-state index contributed by atoms with van der Waals surface area (Å²) >= 11 is 4.03. The van der Waals surface area contributed by atoms with Crippen molar-refractivity contribution in [2.24, 2.45) is 0 Å². The first kappa shape index (κ1) is 57.2. The van der Waals surface area contributed by atoms with Gasteiger partial charge in [0.2, 0.25) is 0 Å². The van der Waals surface area contributed by atoms with Gasteiger partial charge in [-0.15, -0.1) is 22.7 Å². The smallest absolute Gasteiger partial charge is 0.0722 e. The molecule has 12 rings (SSSR count). The third kappa shape index (κ3) is 10.5. The van der Waals surface area contributed by atoms with E-state index >= 15 is 0 Å². The van der Waals surface area contributed by atoms with Crippen molar-refractivity contribution in [1.82, 2.24) is 4.57 Å². The lowest BCUT2D eigenvalue weighted by Crippen LogP contribution is -2.30. The number of aryl methyl sites for hydroxylation is 7. The molecule has 0 saturated heterocycles. The number of thiophene rings is 2. The van der Waals surface area contributed by atoms with Gasteiger partial charge >= 0.3 is 0 Å². The van der Waals surface area contributed by atoms with Crippen LogP contribution in [0, 0.1) is 13.8 Å². The molecule has 0 saturated carbocycles. The maximum absolute atomic E-state index is 2.72. The van der Waals surface area contributed by atoms with Crippen molar-refractivity contribution in [3.63, 3.8) is 0 Å². The Morgan fingerprint density at radius 1 is 0.349 bits per heavy atom. The Morgan fingerprint density at radius 3 is 1.20 bits per heavy atom. The van der Waals surface area contributed by atoms with Crippen molar-refractivity contribution in [1.29, 1.82) is 0 Å². The fraction of sp³-hybridized carbons (Fsp3) is 0.375. The minimum Gasteiger partial charge on any atom is -0.340 e. The molecule has 7 aromatic carbocycles. The molecule has 0 N–H and O–H groups in total. The summed E-state index contributed by atoms with van der Waals surface area (Å²) in [7, 11) is 0. The normalized spacial score (nSPS) is 13.7. The SMILES string of the molecule is CCCCCCCCCCn1c2cc(C)ccc2c2ccc(-c3cc4c(s3)-c3cc5c(cc3C4(c3ccc(CCCC)cc3)c3ccc(CCCC)cc3)-c3sc(C)cc3C5(c3ccc(CCCC)cc3)c3ccc(CCCC)cc3)cc21. The molecule has 1 nitrogen and oxygen atoms in total. The van der Waals surface area contributed by atoms with Gasteiger partial charge in [-0.05, 0) is 197 Å². The summed E-state index contributed by atoms with van der Waals surface area (Å²) in [5, 5.41) is 2.74. The first-order valence-electron chi connectivity index (χ1n) is 32.6. The molecule has 0 unspecified atom stereocenters. The first-order valence-corrected chi connectivity index (χ1v) is 34.2. The molecule has 2 aliphatic rings. The standard InChI is InChI=1S/C80H89NS2/c1-8-13-18-19-20-21-22-23-48-81-74-49-55(6)28-46-66(74)67-47-37-61(51-75(67)81)76-54-73-78(83-76)69-53-70-68(52-71(69)80(73,64-42-33-59(34-43-64)26-16-11-4)65-44-35-60(36-45-65)27-17-12-5)77-72(50-56(7)82-77)79(70,62-38-29-57(30-39-62)24-14-9-2)63-40-31-58(32-41-63)25-15-10-3/h28-47,49-54H,8-27,48H2,1-7H3. The van der Waals surface area contributed by atoms with Crippen molar-refractivity contribution in [2.45, 2.75) is 194 Å². The molecular weight excluding hydrogens is 1040 g/mol. The van der Waals surface area contributed by atoms with Crippen LogP contribution in [0.2, 0.25) is 0 Å². The Hall–Kier alpha value is -6.26. The van der Waals surface area contributed by atoms with E-state index in [9.17, 15) is 0 Å². The maximum Gasteiger partial charge on any atom is 0.0722 e. The van der Waals surface area contributed by atoms with Crippen LogP contribution in [-0.4, -0.2) is 4.57 Å². The average Bonchev–Trinajstić information content (AvgIpc) is 1.69. The van der Waals surface area contributed by atoms with Gasteiger partial charge in [-0.25, -0.2) is 0 Å². The molecule has 0 amide bonds. The van der Waals surface area contributed by atoms with Gasteiger partial charge in [-0.1, -0.05) is 227 Å². The largest absolute Gasteiger partial charge is 0.340 e. The van der Waals surface area contributed by atoms with Crippen LogP contribution in [0.4, 0.5) is 0 Å². The monoisotopic (exact) mass is 1130 g/mol. The Morgan fingerprint density at radius 2 is 0.747 bits per heavy atom. The second kappa shape index (κ2) is 25.1. The van der Waals surface area contributed by atoms with Crippen LogP contribution in [0.1, 0.15) is 215 Å². The van der Waals surface area contributed by atoms with E-state index in [4.69, 9.17) is 0 Å². The van der Waals surface area contributed by atoms with E-state index in [1.54, 1.807) is 0 Å². The highest BCUT2D eigenvalue weighted by molar-refractivity contribution is 7.19. The van der Waals surface area contributed by atoms with Gasteiger partial charge in [0.05, 0.1) is 10.8 Å². The molecule has 426 valence electrons. The third-order valence-corrected chi connectivity index (χ3v) is 21.5. The number of nitrogens with zero attached hydrogens (tertiary/aromatic N) is 1. The minimum absolute atomic E-state index is 0.490. The Balaban J connectivity index is 1.09. The highest BCUT2D eigenvalue weighted by Gasteiger charge is 2.53. The molecule has 3 aromatic heterocycles. The predicted octanol–water partition coefficient (Wildman–Crippen LogP) is 23.4. The number of rotatable bonds is 26. The number of hydrogen-bond donors (Lipinski definition) is 0. The second-order valence-electron chi connectivity index (χ2n) is 25.0. The average molecular weight is 1130 g/mol. The zero-order valence-corrected chi connectivity index (χ0v) is 52.8. The number of aromatic nitrogens is 1. The van der Waals surface area contributed by atoms with E-state index in [1.165, 1.54) is 233 Å². The highest BCUT2D eigenvalue weighted by Crippen LogP contribution is 2.65. The second-order valence-corrected chi connectivity index (χ2v) is 27.3. The lowest BCUT2D eigenvalue weighted by molar-refractivity contribution is 0.553. The van der Waals surface area contributed by atoms with Gasteiger partial charge in [0.15, 0.2) is 0 Å². The van der Waals surface area contributed by atoms with Gasteiger partial charge in [0, 0.05) is 47.9 Å². The fourth-order valence-corrected chi connectivity index (χ4v) is 17.0. The van der Waals surface area contributed by atoms with Crippen LogP contribution in [0.5, 0.6) is 0 Å². The Kier molecular flexibility index (Phi) is 17.3. The molecule has 0 aliphatic heterocycles. The van der Waals surface area contributed by atoms with Crippen molar-refractivity contribution in [2.75, 3.05) is 0 Å². The predicted molar refractivity (Wildman–Crippen MR) is 362 cm³/mol. The van der Waals surface area contributed by atoms with E-state index in [2.05, 4.69) is 211 Å². The van der Waals surface area contributed by atoms with Crippen molar-refractivity contribution >= 4 is 44.5 Å². The minimum atomic E-state index is -0.548. The van der Waals surface area contributed by atoms with Gasteiger partial charge in [-0.2, -0.15) is 0 Å². The van der Waals surface area contributed by atoms with E-state index in [0.29, 0.717) is 0 Å². The van der Waals surface area contributed by atoms with Gasteiger partial charge < -0.3 is 4.57 Å². The highest BCUT2D eigenvalue weighted by atomic mass is 32.1. The molecule has 0 radical (unpaired) electrons. The number of hydrogen-bond acceptors (Lipinski definition) is 2. The van der Waals surface area contributed by atoms with E-state index < -0.39 is 10.8 Å². The van der Waals surface area contributed by atoms with Crippen LogP contribution in [-0.2, 0) is 43.1 Å². The molecule has 83 heavy (non-hydrogen) atoms. The van der Waals surface area contributed by atoms with Crippen molar-refractivity contribution in [3.05, 3.63) is 235 Å². The zero-order chi connectivity index (χ0) is 57.1. The molecule has 0 fully saturated rings.